The minimum atomic E-state index is -1.03. The molecule has 0 spiro atoms. The van der Waals surface area contributed by atoms with Crippen LogP contribution in [0, 0.1) is 0 Å². The van der Waals surface area contributed by atoms with Crippen molar-refractivity contribution >= 4 is 17.6 Å². The van der Waals surface area contributed by atoms with E-state index in [9.17, 15) is 4.79 Å². The fraction of sp³-hybridized carbons (Fsp3) is 0.188. The van der Waals surface area contributed by atoms with Gasteiger partial charge in [-0.3, -0.25) is 0 Å². The number of hydrogen-bond acceptors (Lipinski definition) is 2. The Morgan fingerprint density at radius 2 is 1.70 bits per heavy atom. The fourth-order valence-electron chi connectivity index (χ4n) is 1.87. The van der Waals surface area contributed by atoms with Crippen molar-refractivity contribution in [1.82, 2.24) is 0 Å². The lowest BCUT2D eigenvalue weighted by molar-refractivity contribution is 0.0697. The number of carbonyl (C=O) groups is 1. The Morgan fingerprint density at radius 1 is 1.10 bits per heavy atom. The molecule has 0 aromatic heterocycles. The molecule has 2 aromatic carbocycles. The van der Waals surface area contributed by atoms with E-state index in [4.69, 9.17) is 21.4 Å². The van der Waals surface area contributed by atoms with E-state index in [2.05, 4.69) is 0 Å². The maximum absolute atomic E-state index is 11.1. The summed E-state index contributed by atoms with van der Waals surface area (Å²) in [5, 5.41) is 9.31. The van der Waals surface area contributed by atoms with Gasteiger partial charge in [-0.25, -0.2) is 4.79 Å². The number of hydrogen-bond donors (Lipinski definition) is 1. The second-order valence-corrected chi connectivity index (χ2v) is 5.10. The smallest absolute Gasteiger partial charge is 0.337 e. The summed E-state index contributed by atoms with van der Waals surface area (Å²) in [7, 11) is 0. The lowest BCUT2D eigenvalue weighted by Crippen LogP contribution is -2.05. The first-order chi connectivity index (χ1) is 9.47. The quantitative estimate of drug-likeness (QED) is 0.902. The van der Waals surface area contributed by atoms with Crippen molar-refractivity contribution in [2.75, 3.05) is 0 Å². The van der Waals surface area contributed by atoms with Gasteiger partial charge in [-0.2, -0.15) is 0 Å². The van der Waals surface area contributed by atoms with Gasteiger partial charge in [0.2, 0.25) is 0 Å². The number of aromatic carboxylic acids is 1. The van der Waals surface area contributed by atoms with E-state index in [0.29, 0.717) is 0 Å². The van der Waals surface area contributed by atoms with Gasteiger partial charge in [-0.05, 0) is 49.2 Å². The van der Waals surface area contributed by atoms with Gasteiger partial charge in [0.15, 0.2) is 0 Å². The predicted molar refractivity (Wildman–Crippen MR) is 79.6 cm³/mol. The minimum absolute atomic E-state index is 0.103. The van der Waals surface area contributed by atoms with Crippen molar-refractivity contribution < 1.29 is 14.6 Å². The Labute approximate surface area is 122 Å². The van der Waals surface area contributed by atoms with E-state index in [-0.39, 0.29) is 16.7 Å². The molecule has 0 radical (unpaired) electrons. The zero-order chi connectivity index (χ0) is 14.7. The molecule has 2 aromatic rings. The number of carboxylic acid groups (broad SMARTS) is 1. The molecule has 0 aliphatic rings. The Bertz CT molecular complexity index is 618. The molecule has 0 atom stereocenters. The van der Waals surface area contributed by atoms with Crippen molar-refractivity contribution in [3.05, 3.63) is 53.1 Å². The Morgan fingerprint density at radius 3 is 2.25 bits per heavy atom. The van der Waals surface area contributed by atoms with Gasteiger partial charge in [-0.1, -0.05) is 29.8 Å². The van der Waals surface area contributed by atoms with Crippen molar-refractivity contribution in [2.24, 2.45) is 0 Å². The van der Waals surface area contributed by atoms with Crippen LogP contribution >= 0.6 is 11.6 Å². The van der Waals surface area contributed by atoms with E-state index in [1.165, 1.54) is 0 Å². The van der Waals surface area contributed by atoms with Crippen LogP contribution in [0.2, 0.25) is 5.02 Å². The maximum atomic E-state index is 11.1. The summed E-state index contributed by atoms with van der Waals surface area (Å²) in [5.74, 6) is -0.243. The molecule has 1 N–H and O–H groups in total. The summed E-state index contributed by atoms with van der Waals surface area (Å²) in [4.78, 5) is 11.1. The molecule has 3 nitrogen and oxygen atoms in total. The van der Waals surface area contributed by atoms with Crippen molar-refractivity contribution in [1.29, 1.82) is 0 Å². The Hall–Kier alpha value is -2.00. The summed E-state index contributed by atoms with van der Waals surface area (Å²) in [6.45, 7) is 3.93. The van der Waals surface area contributed by atoms with Crippen LogP contribution in [0.25, 0.3) is 11.1 Å². The lowest BCUT2D eigenvalue weighted by Gasteiger charge is -2.10. The molecular formula is C16H15ClO3. The third kappa shape index (κ3) is 3.31. The lowest BCUT2D eigenvalue weighted by atomic mass is 10.0. The first-order valence-corrected chi connectivity index (χ1v) is 6.65. The average Bonchev–Trinajstić information content (AvgIpc) is 2.39. The van der Waals surface area contributed by atoms with Crippen LogP contribution in [0.1, 0.15) is 24.2 Å². The second kappa shape index (κ2) is 5.97. The first kappa shape index (κ1) is 14.4. The van der Waals surface area contributed by atoms with Crippen LogP contribution in [0.5, 0.6) is 5.75 Å². The second-order valence-electron chi connectivity index (χ2n) is 4.69. The molecule has 20 heavy (non-hydrogen) atoms. The van der Waals surface area contributed by atoms with Gasteiger partial charge < -0.3 is 9.84 Å². The zero-order valence-corrected chi connectivity index (χ0v) is 12.0. The SMILES string of the molecule is CC(C)Oc1ccc(-c2ccc(Cl)c(C(=O)O)c2)cc1. The van der Waals surface area contributed by atoms with Crippen LogP contribution in [0.15, 0.2) is 42.5 Å². The van der Waals surface area contributed by atoms with Crippen molar-refractivity contribution in [3.63, 3.8) is 0 Å². The van der Waals surface area contributed by atoms with Crippen LogP contribution in [-0.2, 0) is 0 Å². The van der Waals surface area contributed by atoms with Crippen LogP contribution in [0.3, 0.4) is 0 Å². The largest absolute Gasteiger partial charge is 0.491 e. The van der Waals surface area contributed by atoms with Crippen molar-refractivity contribution in [2.45, 2.75) is 20.0 Å². The molecule has 0 amide bonds. The summed E-state index contributed by atoms with van der Waals surface area (Å²) in [5.41, 5.74) is 1.83. The molecule has 2 rings (SSSR count). The van der Waals surface area contributed by atoms with E-state index in [0.717, 1.165) is 16.9 Å². The van der Waals surface area contributed by atoms with Gasteiger partial charge >= 0.3 is 5.97 Å². The Kier molecular flexibility index (Phi) is 4.30. The molecule has 0 fully saturated rings. The van der Waals surface area contributed by atoms with Gasteiger partial charge in [-0.15, -0.1) is 0 Å². The maximum Gasteiger partial charge on any atom is 0.337 e. The van der Waals surface area contributed by atoms with E-state index < -0.39 is 5.97 Å². The number of benzene rings is 2. The van der Waals surface area contributed by atoms with Gasteiger partial charge in [0.1, 0.15) is 5.75 Å². The van der Waals surface area contributed by atoms with E-state index in [1.807, 2.05) is 38.1 Å². The molecule has 0 bridgehead atoms. The number of ether oxygens (including phenoxy) is 1. The summed E-state index contributed by atoms with van der Waals surface area (Å²) in [6.07, 6.45) is 0.120. The normalized spacial score (nSPS) is 10.6. The number of rotatable bonds is 4. The third-order valence-electron chi connectivity index (χ3n) is 2.76. The molecule has 104 valence electrons. The van der Waals surface area contributed by atoms with Crippen LogP contribution in [-0.4, -0.2) is 17.2 Å². The minimum Gasteiger partial charge on any atom is -0.491 e. The Balaban J connectivity index is 2.32. The summed E-state index contributed by atoms with van der Waals surface area (Å²) >= 11 is 5.86. The van der Waals surface area contributed by atoms with Gasteiger partial charge in [0, 0.05) is 0 Å². The summed E-state index contributed by atoms with van der Waals surface area (Å²) in [6, 6.07) is 12.5. The van der Waals surface area contributed by atoms with Crippen LogP contribution in [0.4, 0.5) is 0 Å². The summed E-state index contributed by atoms with van der Waals surface area (Å²) < 4.78 is 5.57. The number of halogens is 1. The van der Waals surface area contributed by atoms with Gasteiger partial charge in [0.25, 0.3) is 0 Å². The molecule has 0 saturated carbocycles. The fourth-order valence-corrected chi connectivity index (χ4v) is 2.07. The molecule has 0 unspecified atom stereocenters. The highest BCUT2D eigenvalue weighted by Gasteiger charge is 2.10. The predicted octanol–water partition coefficient (Wildman–Crippen LogP) is 4.49. The van der Waals surface area contributed by atoms with Crippen LogP contribution < -0.4 is 4.74 Å². The van der Waals surface area contributed by atoms with E-state index >= 15 is 0 Å². The van der Waals surface area contributed by atoms with Crippen molar-refractivity contribution in [3.8, 4) is 16.9 Å². The molecule has 0 aliphatic heterocycles. The van der Waals surface area contributed by atoms with Gasteiger partial charge in [0.05, 0.1) is 16.7 Å². The first-order valence-electron chi connectivity index (χ1n) is 6.27. The molecular weight excluding hydrogens is 276 g/mol. The average molecular weight is 291 g/mol. The topological polar surface area (TPSA) is 46.5 Å². The monoisotopic (exact) mass is 290 g/mol. The molecule has 0 aliphatic carbocycles. The highest BCUT2D eigenvalue weighted by molar-refractivity contribution is 6.33. The molecule has 0 heterocycles. The highest BCUT2D eigenvalue weighted by atomic mass is 35.5. The standard InChI is InChI=1S/C16H15ClO3/c1-10(2)20-13-6-3-11(4-7-13)12-5-8-15(17)14(9-12)16(18)19/h3-10H,1-2H3,(H,18,19). The third-order valence-corrected chi connectivity index (χ3v) is 3.09. The van der Waals surface area contributed by atoms with E-state index in [1.54, 1.807) is 18.2 Å². The molecule has 4 heteroatoms. The zero-order valence-electron chi connectivity index (χ0n) is 11.3. The highest BCUT2D eigenvalue weighted by Crippen LogP contribution is 2.27. The number of carboxylic acids is 1. The molecule has 0 saturated heterocycles.